The number of nitrogens with zero attached hydrogens (tertiary/aromatic N) is 1. The molecule has 4 rings (SSSR count). The van der Waals surface area contributed by atoms with Crippen LogP contribution in [0, 0.1) is 6.92 Å². The summed E-state index contributed by atoms with van der Waals surface area (Å²) in [5, 5.41) is 3.93. The number of benzene rings is 3. The number of anilines is 1. The molecule has 140 valence electrons. The molecule has 0 radical (unpaired) electrons. The quantitative estimate of drug-likeness (QED) is 0.479. The molecule has 0 fully saturated rings. The topological polar surface area (TPSA) is 51.2 Å². The number of aromatic nitrogens is 1. The highest BCUT2D eigenvalue weighted by atomic mass is 32.1. The SMILES string of the molecule is Cc1c(NC(=O)C(C)Oc2ccccc2)cccc1-c1nc2ccccc2s1. The van der Waals surface area contributed by atoms with Crippen molar-refractivity contribution in [3.63, 3.8) is 0 Å². The van der Waals surface area contributed by atoms with Gasteiger partial charge < -0.3 is 10.1 Å². The van der Waals surface area contributed by atoms with Crippen molar-refractivity contribution in [1.29, 1.82) is 0 Å². The van der Waals surface area contributed by atoms with Crippen LogP contribution in [0.1, 0.15) is 12.5 Å². The first-order valence-electron chi connectivity index (χ1n) is 9.10. The van der Waals surface area contributed by atoms with Crippen LogP contribution < -0.4 is 10.1 Å². The van der Waals surface area contributed by atoms with E-state index in [1.54, 1.807) is 18.3 Å². The first-order chi connectivity index (χ1) is 13.6. The molecule has 28 heavy (non-hydrogen) atoms. The summed E-state index contributed by atoms with van der Waals surface area (Å²) in [6.07, 6.45) is -0.604. The number of para-hydroxylation sites is 2. The minimum atomic E-state index is -0.604. The molecular formula is C23H20N2O2S. The van der Waals surface area contributed by atoms with Gasteiger partial charge in [-0.15, -0.1) is 11.3 Å². The van der Waals surface area contributed by atoms with E-state index in [1.807, 2.05) is 73.7 Å². The molecule has 0 spiro atoms. The van der Waals surface area contributed by atoms with Gasteiger partial charge in [-0.25, -0.2) is 4.98 Å². The molecule has 1 amide bonds. The normalized spacial score (nSPS) is 11.9. The van der Waals surface area contributed by atoms with Crippen molar-refractivity contribution in [3.05, 3.63) is 78.4 Å². The number of rotatable bonds is 5. The Morgan fingerprint density at radius 1 is 1.00 bits per heavy atom. The Morgan fingerprint density at radius 3 is 2.54 bits per heavy atom. The highest BCUT2D eigenvalue weighted by molar-refractivity contribution is 7.21. The van der Waals surface area contributed by atoms with Crippen molar-refractivity contribution in [1.82, 2.24) is 4.98 Å². The molecular weight excluding hydrogens is 368 g/mol. The smallest absolute Gasteiger partial charge is 0.265 e. The average molecular weight is 388 g/mol. The number of hydrogen-bond donors (Lipinski definition) is 1. The number of carbonyl (C=O) groups is 1. The lowest BCUT2D eigenvalue weighted by atomic mass is 10.1. The van der Waals surface area contributed by atoms with Crippen LogP contribution in [-0.2, 0) is 4.79 Å². The summed E-state index contributed by atoms with van der Waals surface area (Å²) in [5.74, 6) is 0.485. The Balaban J connectivity index is 1.55. The van der Waals surface area contributed by atoms with Gasteiger partial charge in [-0.3, -0.25) is 4.79 Å². The fraction of sp³-hybridized carbons (Fsp3) is 0.130. The zero-order valence-electron chi connectivity index (χ0n) is 15.7. The second-order valence-corrected chi connectivity index (χ2v) is 7.56. The Bertz CT molecular complexity index is 1090. The van der Waals surface area contributed by atoms with Gasteiger partial charge in [-0.05, 0) is 49.7 Å². The Labute approximate surface area is 167 Å². The van der Waals surface area contributed by atoms with Gasteiger partial charge >= 0.3 is 0 Å². The molecule has 0 bridgehead atoms. The number of amides is 1. The number of ether oxygens (including phenoxy) is 1. The van der Waals surface area contributed by atoms with Gasteiger partial charge in [0.1, 0.15) is 10.8 Å². The third-order valence-electron chi connectivity index (χ3n) is 4.54. The fourth-order valence-corrected chi connectivity index (χ4v) is 4.03. The first-order valence-corrected chi connectivity index (χ1v) is 9.91. The van der Waals surface area contributed by atoms with E-state index in [4.69, 9.17) is 9.72 Å². The van der Waals surface area contributed by atoms with Crippen molar-refractivity contribution >= 4 is 33.1 Å². The second-order valence-electron chi connectivity index (χ2n) is 6.53. The molecule has 3 aromatic carbocycles. The molecule has 1 aromatic heterocycles. The van der Waals surface area contributed by atoms with Gasteiger partial charge in [0.25, 0.3) is 5.91 Å². The molecule has 0 aliphatic carbocycles. The Morgan fingerprint density at radius 2 is 1.75 bits per heavy atom. The van der Waals surface area contributed by atoms with Gasteiger partial charge in [0.15, 0.2) is 6.10 Å². The van der Waals surface area contributed by atoms with Gasteiger partial charge in [-0.2, -0.15) is 0 Å². The summed E-state index contributed by atoms with van der Waals surface area (Å²) in [4.78, 5) is 17.3. The van der Waals surface area contributed by atoms with Crippen LogP contribution >= 0.6 is 11.3 Å². The van der Waals surface area contributed by atoms with E-state index >= 15 is 0 Å². The van der Waals surface area contributed by atoms with E-state index in [2.05, 4.69) is 11.4 Å². The maximum absolute atomic E-state index is 12.6. The first kappa shape index (κ1) is 18.2. The van der Waals surface area contributed by atoms with E-state index < -0.39 is 6.10 Å². The molecule has 0 aliphatic rings. The highest BCUT2D eigenvalue weighted by Crippen LogP contribution is 2.34. The third-order valence-corrected chi connectivity index (χ3v) is 5.61. The lowest BCUT2D eigenvalue weighted by Crippen LogP contribution is -2.30. The van der Waals surface area contributed by atoms with Gasteiger partial charge in [-0.1, -0.05) is 42.5 Å². The lowest BCUT2D eigenvalue weighted by molar-refractivity contribution is -0.122. The van der Waals surface area contributed by atoms with Crippen molar-refractivity contribution in [2.24, 2.45) is 0 Å². The van der Waals surface area contributed by atoms with E-state index in [9.17, 15) is 4.79 Å². The highest BCUT2D eigenvalue weighted by Gasteiger charge is 2.17. The lowest BCUT2D eigenvalue weighted by Gasteiger charge is -2.16. The maximum atomic E-state index is 12.6. The van der Waals surface area contributed by atoms with Crippen molar-refractivity contribution < 1.29 is 9.53 Å². The number of nitrogens with one attached hydrogen (secondary N) is 1. The fourth-order valence-electron chi connectivity index (χ4n) is 2.98. The molecule has 0 aliphatic heterocycles. The molecule has 0 saturated carbocycles. The summed E-state index contributed by atoms with van der Waals surface area (Å²) < 4.78 is 6.87. The van der Waals surface area contributed by atoms with Crippen LogP contribution in [0.3, 0.4) is 0 Å². The van der Waals surface area contributed by atoms with Crippen LogP contribution in [0.5, 0.6) is 5.75 Å². The summed E-state index contributed by atoms with van der Waals surface area (Å²) in [6, 6.07) is 23.3. The molecule has 1 N–H and O–H groups in total. The third kappa shape index (κ3) is 3.75. The average Bonchev–Trinajstić information content (AvgIpc) is 3.14. The molecule has 5 heteroatoms. The standard InChI is InChI=1S/C23H20N2O2S/c1-15-18(23-25-20-12-6-7-14-21(20)28-23)11-8-13-19(15)24-22(26)16(2)27-17-9-4-3-5-10-17/h3-14,16H,1-2H3,(H,24,26). The molecule has 0 saturated heterocycles. The largest absolute Gasteiger partial charge is 0.481 e. The molecule has 1 unspecified atom stereocenters. The minimum absolute atomic E-state index is 0.187. The van der Waals surface area contributed by atoms with E-state index in [1.165, 1.54) is 0 Å². The monoisotopic (exact) mass is 388 g/mol. The predicted octanol–water partition coefficient (Wildman–Crippen LogP) is 5.68. The van der Waals surface area contributed by atoms with E-state index in [0.29, 0.717) is 5.75 Å². The van der Waals surface area contributed by atoms with Gasteiger partial charge in [0, 0.05) is 11.3 Å². The van der Waals surface area contributed by atoms with Crippen LogP contribution in [0.25, 0.3) is 20.8 Å². The van der Waals surface area contributed by atoms with Crippen LogP contribution in [0.15, 0.2) is 72.8 Å². The number of carbonyl (C=O) groups excluding carboxylic acids is 1. The summed E-state index contributed by atoms with van der Waals surface area (Å²) in [7, 11) is 0. The summed E-state index contributed by atoms with van der Waals surface area (Å²) in [6.45, 7) is 3.74. The zero-order valence-corrected chi connectivity index (χ0v) is 16.5. The summed E-state index contributed by atoms with van der Waals surface area (Å²) >= 11 is 1.65. The Kier molecular flexibility index (Phi) is 5.08. The van der Waals surface area contributed by atoms with Gasteiger partial charge in [0.05, 0.1) is 10.2 Å². The minimum Gasteiger partial charge on any atom is -0.481 e. The predicted molar refractivity (Wildman–Crippen MR) is 115 cm³/mol. The van der Waals surface area contributed by atoms with E-state index in [0.717, 1.165) is 32.0 Å². The second kappa shape index (κ2) is 7.82. The molecule has 1 heterocycles. The Hall–Kier alpha value is -3.18. The maximum Gasteiger partial charge on any atom is 0.265 e. The number of hydrogen-bond acceptors (Lipinski definition) is 4. The van der Waals surface area contributed by atoms with Crippen molar-refractivity contribution in [3.8, 4) is 16.3 Å². The molecule has 1 atom stereocenters. The van der Waals surface area contributed by atoms with E-state index in [-0.39, 0.29) is 5.91 Å². The molecule has 4 nitrogen and oxygen atoms in total. The van der Waals surface area contributed by atoms with Gasteiger partial charge in [0.2, 0.25) is 0 Å². The van der Waals surface area contributed by atoms with Crippen LogP contribution in [-0.4, -0.2) is 17.0 Å². The molecule has 4 aromatic rings. The van der Waals surface area contributed by atoms with Crippen molar-refractivity contribution in [2.75, 3.05) is 5.32 Å². The number of fused-ring (bicyclic) bond motifs is 1. The summed E-state index contributed by atoms with van der Waals surface area (Å²) in [5.41, 5.74) is 3.77. The van der Waals surface area contributed by atoms with Crippen LogP contribution in [0.2, 0.25) is 0 Å². The van der Waals surface area contributed by atoms with Crippen molar-refractivity contribution in [2.45, 2.75) is 20.0 Å². The van der Waals surface area contributed by atoms with Crippen LogP contribution in [0.4, 0.5) is 5.69 Å². The number of thiazole rings is 1. The zero-order chi connectivity index (χ0) is 19.5.